The molecule has 1 fully saturated rings. The summed E-state index contributed by atoms with van der Waals surface area (Å²) in [5, 5.41) is 10.8. The smallest absolute Gasteiger partial charge is 0.264 e. The number of nitrogens with zero attached hydrogens (tertiary/aromatic N) is 2. The molecule has 11 nitrogen and oxygen atoms in total. The van der Waals surface area contributed by atoms with Crippen LogP contribution in [-0.2, 0) is 26.0 Å². The van der Waals surface area contributed by atoms with Crippen molar-refractivity contribution in [2.24, 2.45) is 17.6 Å². The van der Waals surface area contributed by atoms with Gasteiger partial charge < -0.3 is 20.2 Å². The van der Waals surface area contributed by atoms with E-state index >= 15 is 0 Å². The number of hydrogen-bond acceptors (Lipinski definition) is 9. The standard InChI is InChI=1S/C36H47ClN4O7S/c1-36(2,45)19-8-11-29(40-49(3,46)47)35(44)41-23-25(14-13-24-15-17-27(37)18-16-24)21-30(41)31(42)22-26(9-6-7-20-38)33(43)34-39-28-10-4-5-12-32(28)48-34/h4-5,8,10,12,15-19,25-26,29-30,40,45H,6-7,9,11,13-14,20-23,38H2,1-3H3/b19-8+/t25-,26-,29-,30+/m1/s1. The van der Waals surface area contributed by atoms with Crippen molar-refractivity contribution in [3.8, 4) is 0 Å². The number of aliphatic hydroxyl groups is 1. The topological polar surface area (TPSA) is 173 Å². The zero-order valence-corrected chi connectivity index (χ0v) is 29.9. The number of para-hydroxylation sites is 2. The van der Waals surface area contributed by atoms with Gasteiger partial charge in [0.1, 0.15) is 11.6 Å². The van der Waals surface area contributed by atoms with Crippen molar-refractivity contribution in [2.45, 2.75) is 82.9 Å². The van der Waals surface area contributed by atoms with Crippen molar-refractivity contribution in [1.82, 2.24) is 14.6 Å². The monoisotopic (exact) mass is 714 g/mol. The van der Waals surface area contributed by atoms with E-state index in [4.69, 9.17) is 21.8 Å². The molecule has 0 bridgehead atoms. The summed E-state index contributed by atoms with van der Waals surface area (Å²) in [5.74, 6) is -2.06. The van der Waals surface area contributed by atoms with Crippen LogP contribution in [0.1, 0.15) is 75.0 Å². The van der Waals surface area contributed by atoms with Crippen LogP contribution in [0.25, 0.3) is 11.1 Å². The van der Waals surface area contributed by atoms with Crippen LogP contribution in [0.2, 0.25) is 5.02 Å². The molecule has 3 aromatic rings. The van der Waals surface area contributed by atoms with Crippen LogP contribution in [0.4, 0.5) is 0 Å². The number of hydrogen-bond donors (Lipinski definition) is 3. The van der Waals surface area contributed by atoms with Crippen LogP contribution >= 0.6 is 11.6 Å². The normalized spacial score (nSPS) is 18.3. The van der Waals surface area contributed by atoms with Crippen molar-refractivity contribution in [3.63, 3.8) is 0 Å². The largest absolute Gasteiger partial charge is 0.434 e. The number of fused-ring (bicyclic) bond motifs is 1. The predicted molar refractivity (Wildman–Crippen MR) is 190 cm³/mol. The van der Waals surface area contributed by atoms with E-state index in [1.807, 2.05) is 24.3 Å². The molecule has 0 spiro atoms. The number of sulfonamides is 1. The van der Waals surface area contributed by atoms with E-state index in [-0.39, 0.29) is 42.8 Å². The molecule has 0 unspecified atom stereocenters. The second kappa shape index (κ2) is 17.0. The molecule has 2 heterocycles. The molecule has 1 aromatic heterocycles. The number of carbonyl (C=O) groups excluding carboxylic acids is 3. The van der Waals surface area contributed by atoms with Crippen molar-refractivity contribution < 1.29 is 32.3 Å². The van der Waals surface area contributed by atoms with Crippen molar-refractivity contribution in [1.29, 1.82) is 0 Å². The van der Waals surface area contributed by atoms with Gasteiger partial charge in [-0.3, -0.25) is 14.4 Å². The van der Waals surface area contributed by atoms with Crippen molar-refractivity contribution in [3.05, 3.63) is 77.2 Å². The quantitative estimate of drug-likeness (QED) is 0.0946. The Labute approximate surface area is 293 Å². The molecule has 266 valence electrons. The Hall–Kier alpha value is -3.42. The van der Waals surface area contributed by atoms with E-state index < -0.39 is 39.5 Å². The Morgan fingerprint density at radius 2 is 1.88 bits per heavy atom. The Morgan fingerprint density at radius 1 is 1.16 bits per heavy atom. The van der Waals surface area contributed by atoms with Gasteiger partial charge in [0.25, 0.3) is 5.89 Å². The number of amides is 1. The molecular formula is C36H47ClN4O7S. The van der Waals surface area contributed by atoms with Crippen molar-refractivity contribution >= 4 is 50.2 Å². The number of halogens is 1. The van der Waals surface area contributed by atoms with Gasteiger partial charge in [0.05, 0.1) is 17.9 Å². The highest BCUT2D eigenvalue weighted by molar-refractivity contribution is 7.88. The Kier molecular flexibility index (Phi) is 13.3. The fourth-order valence-corrected chi connectivity index (χ4v) is 7.09. The van der Waals surface area contributed by atoms with E-state index in [1.54, 1.807) is 44.2 Å². The van der Waals surface area contributed by atoms with Gasteiger partial charge in [0, 0.05) is 23.9 Å². The number of aromatic nitrogens is 1. The maximum atomic E-state index is 14.2. The maximum Gasteiger partial charge on any atom is 0.264 e. The summed E-state index contributed by atoms with van der Waals surface area (Å²) >= 11 is 6.06. The summed E-state index contributed by atoms with van der Waals surface area (Å²) in [6.07, 6.45) is 7.27. The van der Waals surface area contributed by atoms with Gasteiger partial charge in [-0.1, -0.05) is 54.4 Å². The van der Waals surface area contributed by atoms with Crippen LogP contribution in [-0.4, -0.2) is 77.9 Å². The molecule has 13 heteroatoms. The van der Waals surface area contributed by atoms with Crippen molar-refractivity contribution in [2.75, 3.05) is 19.3 Å². The Bertz CT molecular complexity index is 1700. The molecule has 1 aliphatic heterocycles. The lowest BCUT2D eigenvalue weighted by Gasteiger charge is -2.29. The fraction of sp³-hybridized carbons (Fsp3) is 0.500. The van der Waals surface area contributed by atoms with Gasteiger partial charge in [-0.2, -0.15) is 0 Å². The average Bonchev–Trinajstić information content (AvgIpc) is 3.67. The second-order valence-electron chi connectivity index (χ2n) is 13.5. The minimum absolute atomic E-state index is 0.0271. The molecule has 0 saturated carbocycles. The van der Waals surface area contributed by atoms with Crippen LogP contribution in [0, 0.1) is 11.8 Å². The minimum atomic E-state index is -3.81. The van der Waals surface area contributed by atoms with E-state index in [2.05, 4.69) is 9.71 Å². The summed E-state index contributed by atoms with van der Waals surface area (Å²) in [7, 11) is -3.81. The highest BCUT2D eigenvalue weighted by atomic mass is 35.5. The molecule has 4 N–H and O–H groups in total. The van der Waals surface area contributed by atoms with E-state index in [9.17, 15) is 27.9 Å². The summed E-state index contributed by atoms with van der Waals surface area (Å²) in [6.45, 7) is 3.82. The van der Waals surface area contributed by atoms with E-state index in [0.29, 0.717) is 61.2 Å². The van der Waals surface area contributed by atoms with E-state index in [1.165, 1.54) is 11.0 Å². The predicted octanol–water partition coefficient (Wildman–Crippen LogP) is 4.85. The number of unbranched alkanes of at least 4 members (excludes halogenated alkanes) is 1. The van der Waals surface area contributed by atoms with Gasteiger partial charge in [-0.25, -0.2) is 18.1 Å². The first-order chi connectivity index (χ1) is 23.1. The lowest BCUT2D eigenvalue weighted by molar-refractivity contribution is -0.139. The molecule has 0 aliphatic carbocycles. The number of carbonyl (C=O) groups is 3. The highest BCUT2D eigenvalue weighted by Crippen LogP contribution is 2.32. The number of rotatable bonds is 18. The minimum Gasteiger partial charge on any atom is -0.434 e. The number of ketones is 2. The number of nitrogens with one attached hydrogen (secondary N) is 1. The third-order valence-corrected chi connectivity index (χ3v) is 9.64. The molecule has 2 aromatic carbocycles. The highest BCUT2D eigenvalue weighted by Gasteiger charge is 2.42. The fourth-order valence-electron chi connectivity index (χ4n) is 6.25. The second-order valence-corrected chi connectivity index (χ2v) is 15.7. The third kappa shape index (κ3) is 11.6. The number of oxazole rings is 1. The lowest BCUT2D eigenvalue weighted by Crippen LogP contribution is -2.51. The third-order valence-electron chi connectivity index (χ3n) is 8.68. The molecule has 1 amide bonds. The molecule has 1 saturated heterocycles. The van der Waals surface area contributed by atoms with Gasteiger partial charge >= 0.3 is 0 Å². The first kappa shape index (κ1) is 38.4. The number of likely N-dealkylation sites (tertiary alicyclic amines) is 1. The number of nitrogens with two attached hydrogens (primary N) is 1. The first-order valence-corrected chi connectivity index (χ1v) is 19.0. The van der Waals surface area contributed by atoms with Crippen LogP contribution in [0.5, 0.6) is 0 Å². The Morgan fingerprint density at radius 3 is 2.53 bits per heavy atom. The zero-order chi connectivity index (χ0) is 35.8. The summed E-state index contributed by atoms with van der Waals surface area (Å²) in [6, 6.07) is 12.5. The van der Waals surface area contributed by atoms with Crippen LogP contribution < -0.4 is 10.5 Å². The zero-order valence-electron chi connectivity index (χ0n) is 28.3. The molecule has 4 atom stereocenters. The summed E-state index contributed by atoms with van der Waals surface area (Å²) in [5.41, 5.74) is 6.63. The molecular weight excluding hydrogens is 668 g/mol. The van der Waals surface area contributed by atoms with E-state index in [0.717, 1.165) is 11.8 Å². The number of benzene rings is 2. The maximum absolute atomic E-state index is 14.2. The van der Waals surface area contributed by atoms with Crippen LogP contribution in [0.3, 0.4) is 0 Å². The van der Waals surface area contributed by atoms with Crippen LogP contribution in [0.15, 0.2) is 65.1 Å². The Balaban J connectivity index is 1.60. The SMILES string of the molecule is CC(C)(O)/C=C/C[C@@H](NS(C)(=O)=O)C(=O)N1C[C@H](CCc2ccc(Cl)cc2)C[C@H]1C(=O)C[C@@H](CCCCN)C(=O)c1nc2ccccc2o1. The van der Waals surface area contributed by atoms with Gasteiger partial charge in [0.15, 0.2) is 11.4 Å². The first-order valence-electron chi connectivity index (χ1n) is 16.7. The molecule has 4 rings (SSSR count). The number of aryl methyl sites for hydroxylation is 1. The molecule has 1 aliphatic rings. The summed E-state index contributed by atoms with van der Waals surface area (Å²) < 4.78 is 32.9. The van der Waals surface area contributed by atoms with Gasteiger partial charge in [-0.05, 0) is 94.7 Å². The van der Waals surface area contributed by atoms with Gasteiger partial charge in [0.2, 0.25) is 21.7 Å². The molecule has 49 heavy (non-hydrogen) atoms. The average molecular weight is 715 g/mol. The molecule has 0 radical (unpaired) electrons. The number of Topliss-reactive ketones (excluding diaryl/α,β-unsaturated/α-hetero) is 2. The summed E-state index contributed by atoms with van der Waals surface area (Å²) in [4.78, 5) is 47.9. The lowest BCUT2D eigenvalue weighted by atomic mass is 9.88. The van der Waals surface area contributed by atoms with Gasteiger partial charge in [-0.15, -0.1) is 0 Å².